The number of aryl methyl sites for hydroxylation is 1. The van der Waals surface area contributed by atoms with Crippen LogP contribution >= 0.6 is 0 Å². The van der Waals surface area contributed by atoms with Gasteiger partial charge in [-0.2, -0.15) is 0 Å². The Bertz CT molecular complexity index is 758. The van der Waals surface area contributed by atoms with Gasteiger partial charge in [-0.25, -0.2) is 4.98 Å². The number of hydrogen-bond acceptors (Lipinski definition) is 4. The van der Waals surface area contributed by atoms with Crippen molar-refractivity contribution in [1.82, 2.24) is 10.4 Å². The summed E-state index contributed by atoms with van der Waals surface area (Å²) in [5.41, 5.74) is 5.86. The first-order valence-corrected chi connectivity index (χ1v) is 7.22. The van der Waals surface area contributed by atoms with E-state index in [4.69, 9.17) is 5.11 Å². The number of hydrazine groups is 1. The number of carboxylic acid groups (broad SMARTS) is 1. The molecule has 6 heteroatoms. The highest BCUT2D eigenvalue weighted by molar-refractivity contribution is 5.85. The Labute approximate surface area is 127 Å². The first kappa shape index (κ1) is 14.3. The van der Waals surface area contributed by atoms with Gasteiger partial charge in [0.2, 0.25) is 5.91 Å². The van der Waals surface area contributed by atoms with E-state index in [-0.39, 0.29) is 18.7 Å². The van der Waals surface area contributed by atoms with Crippen molar-refractivity contribution in [2.75, 3.05) is 11.6 Å². The SMILES string of the molecule is Cc1ccc2cc3c(nc2c1)N(NC(=O)CCC(=O)O)CC3. The van der Waals surface area contributed by atoms with Crippen molar-refractivity contribution in [3.05, 3.63) is 35.4 Å². The van der Waals surface area contributed by atoms with E-state index in [1.54, 1.807) is 5.01 Å². The molecule has 0 saturated heterocycles. The topological polar surface area (TPSA) is 82.5 Å². The second-order valence-electron chi connectivity index (χ2n) is 5.50. The van der Waals surface area contributed by atoms with Crippen molar-refractivity contribution in [2.24, 2.45) is 0 Å². The Hall–Kier alpha value is -2.63. The molecule has 3 rings (SSSR count). The fourth-order valence-electron chi connectivity index (χ4n) is 2.60. The highest BCUT2D eigenvalue weighted by Gasteiger charge is 2.23. The van der Waals surface area contributed by atoms with E-state index in [1.165, 1.54) is 0 Å². The van der Waals surface area contributed by atoms with Gasteiger partial charge in [0.15, 0.2) is 5.82 Å². The third-order valence-electron chi connectivity index (χ3n) is 3.72. The summed E-state index contributed by atoms with van der Waals surface area (Å²) in [5, 5.41) is 11.4. The highest BCUT2D eigenvalue weighted by atomic mass is 16.4. The predicted molar refractivity (Wildman–Crippen MR) is 82.5 cm³/mol. The highest BCUT2D eigenvalue weighted by Crippen LogP contribution is 2.28. The summed E-state index contributed by atoms with van der Waals surface area (Å²) in [6, 6.07) is 8.21. The molecule has 1 aromatic carbocycles. The molecule has 0 fully saturated rings. The van der Waals surface area contributed by atoms with Crippen LogP contribution < -0.4 is 10.4 Å². The Balaban J connectivity index is 1.81. The molecule has 0 bridgehead atoms. The number of hydrogen-bond donors (Lipinski definition) is 2. The maximum Gasteiger partial charge on any atom is 0.303 e. The molecule has 0 saturated carbocycles. The summed E-state index contributed by atoms with van der Waals surface area (Å²) in [6.45, 7) is 2.66. The van der Waals surface area contributed by atoms with Crippen LogP contribution in [0.25, 0.3) is 10.9 Å². The van der Waals surface area contributed by atoms with Crippen LogP contribution in [0, 0.1) is 6.92 Å². The largest absolute Gasteiger partial charge is 0.481 e. The van der Waals surface area contributed by atoms with Crippen molar-refractivity contribution in [2.45, 2.75) is 26.2 Å². The van der Waals surface area contributed by atoms with Crippen molar-refractivity contribution in [1.29, 1.82) is 0 Å². The number of anilines is 1. The minimum absolute atomic E-state index is 0.0339. The summed E-state index contributed by atoms with van der Waals surface area (Å²) >= 11 is 0. The number of fused-ring (bicyclic) bond motifs is 2. The molecule has 2 heterocycles. The normalized spacial score (nSPS) is 13.2. The molecule has 2 aromatic rings. The number of aliphatic carboxylic acids is 1. The molecular weight excluding hydrogens is 282 g/mol. The van der Waals surface area contributed by atoms with Crippen LogP contribution in [-0.2, 0) is 16.0 Å². The standard InChI is InChI=1S/C16H17N3O3/c1-10-2-3-11-9-12-6-7-19(16(12)17-13(11)8-10)18-14(20)4-5-15(21)22/h2-3,8-9H,4-7H2,1H3,(H,18,20)(H,21,22). The lowest BCUT2D eigenvalue weighted by molar-refractivity contribution is -0.138. The number of rotatable bonds is 4. The number of carbonyl (C=O) groups excluding carboxylic acids is 1. The average molecular weight is 299 g/mol. The number of nitrogens with one attached hydrogen (secondary N) is 1. The number of nitrogens with zero attached hydrogens (tertiary/aromatic N) is 2. The zero-order valence-electron chi connectivity index (χ0n) is 12.3. The molecule has 2 N–H and O–H groups in total. The van der Waals surface area contributed by atoms with Gasteiger partial charge in [-0.15, -0.1) is 0 Å². The lowest BCUT2D eigenvalue weighted by atomic mass is 10.1. The summed E-state index contributed by atoms with van der Waals surface area (Å²) in [4.78, 5) is 26.9. The Morgan fingerprint density at radius 2 is 2.14 bits per heavy atom. The monoisotopic (exact) mass is 299 g/mol. The summed E-state index contributed by atoms with van der Waals surface area (Å²) in [7, 11) is 0. The average Bonchev–Trinajstić information content (AvgIpc) is 2.85. The van der Waals surface area contributed by atoms with Crippen molar-refractivity contribution >= 4 is 28.6 Å². The minimum atomic E-state index is -0.975. The molecule has 0 radical (unpaired) electrons. The maximum absolute atomic E-state index is 11.8. The second kappa shape index (κ2) is 5.63. The smallest absolute Gasteiger partial charge is 0.303 e. The van der Waals surface area contributed by atoms with Gasteiger partial charge in [0.1, 0.15) is 0 Å². The third-order valence-corrected chi connectivity index (χ3v) is 3.72. The van der Waals surface area contributed by atoms with Crippen molar-refractivity contribution < 1.29 is 14.7 Å². The number of pyridine rings is 1. The summed E-state index contributed by atoms with van der Waals surface area (Å²) in [5.74, 6) is -0.528. The van der Waals surface area contributed by atoms with E-state index >= 15 is 0 Å². The Morgan fingerprint density at radius 1 is 1.32 bits per heavy atom. The fourth-order valence-corrected chi connectivity index (χ4v) is 2.60. The first-order chi connectivity index (χ1) is 10.5. The molecule has 0 unspecified atom stereocenters. The molecule has 0 aliphatic carbocycles. The van der Waals surface area contributed by atoms with E-state index in [0.717, 1.165) is 34.3 Å². The molecule has 1 aromatic heterocycles. The van der Waals surface area contributed by atoms with Gasteiger partial charge in [-0.1, -0.05) is 12.1 Å². The van der Waals surface area contributed by atoms with Gasteiger partial charge in [0.25, 0.3) is 0 Å². The number of carboxylic acids is 1. The zero-order chi connectivity index (χ0) is 15.7. The quantitative estimate of drug-likeness (QED) is 0.899. The van der Waals surface area contributed by atoms with Crippen LogP contribution in [0.4, 0.5) is 5.82 Å². The number of aromatic nitrogens is 1. The van der Waals surface area contributed by atoms with Gasteiger partial charge in [-0.3, -0.25) is 20.0 Å². The molecule has 1 aliphatic rings. The molecule has 1 amide bonds. The molecule has 114 valence electrons. The number of carbonyl (C=O) groups is 2. The molecule has 0 atom stereocenters. The minimum Gasteiger partial charge on any atom is -0.481 e. The van der Waals surface area contributed by atoms with Crippen molar-refractivity contribution in [3.63, 3.8) is 0 Å². The third kappa shape index (κ3) is 2.86. The number of amides is 1. The predicted octanol–water partition coefficient (Wildman–Crippen LogP) is 1.80. The lowest BCUT2D eigenvalue weighted by Crippen LogP contribution is -2.41. The molecule has 6 nitrogen and oxygen atoms in total. The molecule has 0 spiro atoms. The Kier molecular flexibility index (Phi) is 3.66. The Morgan fingerprint density at radius 3 is 2.91 bits per heavy atom. The summed E-state index contributed by atoms with van der Waals surface area (Å²) < 4.78 is 0. The first-order valence-electron chi connectivity index (χ1n) is 7.22. The van der Waals surface area contributed by atoms with Crippen LogP contribution in [0.1, 0.15) is 24.0 Å². The lowest BCUT2D eigenvalue weighted by Gasteiger charge is -2.19. The van der Waals surface area contributed by atoms with Crippen LogP contribution in [-0.4, -0.2) is 28.5 Å². The van der Waals surface area contributed by atoms with Gasteiger partial charge < -0.3 is 5.11 Å². The van der Waals surface area contributed by atoms with Gasteiger partial charge in [0.05, 0.1) is 11.9 Å². The molecule has 22 heavy (non-hydrogen) atoms. The molecule has 1 aliphatic heterocycles. The maximum atomic E-state index is 11.8. The van der Waals surface area contributed by atoms with Crippen LogP contribution in [0.5, 0.6) is 0 Å². The molecular formula is C16H17N3O3. The van der Waals surface area contributed by atoms with Crippen LogP contribution in [0.2, 0.25) is 0 Å². The van der Waals surface area contributed by atoms with Gasteiger partial charge >= 0.3 is 5.97 Å². The fraction of sp³-hybridized carbons (Fsp3) is 0.312. The van der Waals surface area contributed by atoms with Gasteiger partial charge in [-0.05, 0) is 36.6 Å². The zero-order valence-corrected chi connectivity index (χ0v) is 12.3. The van der Waals surface area contributed by atoms with E-state index in [2.05, 4.69) is 22.5 Å². The van der Waals surface area contributed by atoms with Crippen molar-refractivity contribution in [3.8, 4) is 0 Å². The second-order valence-corrected chi connectivity index (χ2v) is 5.50. The number of benzene rings is 1. The van der Waals surface area contributed by atoms with Gasteiger partial charge in [0, 0.05) is 18.4 Å². The van der Waals surface area contributed by atoms with Crippen LogP contribution in [0.15, 0.2) is 24.3 Å². The summed E-state index contributed by atoms with van der Waals surface area (Å²) in [6.07, 6.45) is 0.607. The van der Waals surface area contributed by atoms with Crippen LogP contribution in [0.3, 0.4) is 0 Å². The van der Waals surface area contributed by atoms with E-state index in [9.17, 15) is 9.59 Å². The van der Waals surface area contributed by atoms with E-state index in [0.29, 0.717) is 6.54 Å². The van der Waals surface area contributed by atoms with E-state index in [1.807, 2.05) is 19.1 Å². The van der Waals surface area contributed by atoms with E-state index < -0.39 is 5.97 Å².